The number of hydrogen-bond donors (Lipinski definition) is 0. The quantitative estimate of drug-likeness (QED) is 0.700. The van der Waals surface area contributed by atoms with Crippen molar-refractivity contribution in [3.63, 3.8) is 0 Å². The van der Waals surface area contributed by atoms with E-state index in [1.165, 1.54) is 16.9 Å². The largest absolute Gasteiger partial charge is 0.453 e. The van der Waals surface area contributed by atoms with Crippen molar-refractivity contribution in [1.82, 2.24) is 9.80 Å². The number of carbonyl (C=O) groups is 2. The number of carbonyl (C=O) groups excluding carboxylic acids is 2. The lowest BCUT2D eigenvalue weighted by atomic mass is 10.3. The number of methoxy groups -OCH3 is 1. The van der Waals surface area contributed by atoms with E-state index in [1.54, 1.807) is 7.05 Å². The first kappa shape index (κ1) is 12.6. The van der Waals surface area contributed by atoms with E-state index < -0.39 is 6.09 Å². The van der Waals surface area contributed by atoms with Crippen LogP contribution in [0.25, 0.3) is 0 Å². The second-order valence-corrected chi connectivity index (χ2v) is 3.63. The van der Waals surface area contributed by atoms with Gasteiger partial charge in [-0.2, -0.15) is 0 Å². The molecule has 0 aromatic rings. The second kappa shape index (κ2) is 5.58. The summed E-state index contributed by atoms with van der Waals surface area (Å²) in [6.45, 7) is 4.88. The molecule has 0 spiro atoms. The average Bonchev–Trinajstić information content (AvgIpc) is 2.75. The highest BCUT2D eigenvalue weighted by molar-refractivity contribution is 5.69. The fourth-order valence-corrected chi connectivity index (χ4v) is 1.44. The smallest absolute Gasteiger partial charge is 0.409 e. The van der Waals surface area contributed by atoms with Gasteiger partial charge in [-0.3, -0.25) is 0 Å². The summed E-state index contributed by atoms with van der Waals surface area (Å²) in [5.41, 5.74) is 0. The number of hydrogen-bond acceptors (Lipinski definition) is 4. The van der Waals surface area contributed by atoms with Gasteiger partial charge in [-0.05, 0) is 6.92 Å². The monoisotopic (exact) mass is 229 g/mol. The van der Waals surface area contributed by atoms with Crippen LogP contribution in [0.1, 0.15) is 6.42 Å². The number of amides is 2. The minimum absolute atomic E-state index is 0.249. The Labute approximate surface area is 95.1 Å². The summed E-state index contributed by atoms with van der Waals surface area (Å²) >= 11 is 0. The maximum atomic E-state index is 11.4. The minimum atomic E-state index is -0.410. The number of nitrogens with zero attached hydrogens (tertiary/aromatic N) is 2. The van der Waals surface area contributed by atoms with Crippen molar-refractivity contribution in [2.24, 2.45) is 0 Å². The van der Waals surface area contributed by atoms with Gasteiger partial charge in [-0.25, -0.2) is 9.59 Å². The van der Waals surface area contributed by atoms with Gasteiger partial charge in [0, 0.05) is 26.6 Å². The SMILES string of the molecule is [CH2]CN(C)C(=O)OC1CCN(C(=O)OC)C1. The summed E-state index contributed by atoms with van der Waals surface area (Å²) in [5.74, 6) is 0. The fourth-order valence-electron chi connectivity index (χ4n) is 1.44. The van der Waals surface area contributed by atoms with Crippen LogP contribution in [-0.4, -0.2) is 61.9 Å². The third kappa shape index (κ3) is 3.01. The van der Waals surface area contributed by atoms with E-state index in [9.17, 15) is 9.59 Å². The zero-order chi connectivity index (χ0) is 12.1. The molecule has 0 bridgehead atoms. The Balaban J connectivity index is 2.37. The number of rotatable bonds is 2. The first-order valence-electron chi connectivity index (χ1n) is 5.12. The zero-order valence-electron chi connectivity index (χ0n) is 9.64. The van der Waals surface area contributed by atoms with Crippen LogP contribution in [0.5, 0.6) is 0 Å². The van der Waals surface area contributed by atoms with Crippen molar-refractivity contribution in [2.45, 2.75) is 12.5 Å². The molecule has 0 aliphatic carbocycles. The molecule has 91 valence electrons. The summed E-state index contributed by atoms with van der Waals surface area (Å²) < 4.78 is 9.77. The Morgan fingerprint density at radius 3 is 2.81 bits per heavy atom. The lowest BCUT2D eigenvalue weighted by Crippen LogP contribution is -2.34. The van der Waals surface area contributed by atoms with Crippen molar-refractivity contribution in [2.75, 3.05) is 33.8 Å². The first-order chi connectivity index (χ1) is 7.58. The molecule has 1 atom stereocenters. The molecule has 1 fully saturated rings. The maximum Gasteiger partial charge on any atom is 0.409 e. The van der Waals surface area contributed by atoms with Crippen molar-refractivity contribution < 1.29 is 19.1 Å². The van der Waals surface area contributed by atoms with Crippen molar-refractivity contribution in [3.05, 3.63) is 6.92 Å². The van der Waals surface area contributed by atoms with Gasteiger partial charge in [0.15, 0.2) is 0 Å². The molecule has 1 rings (SSSR count). The molecule has 6 nitrogen and oxygen atoms in total. The minimum Gasteiger partial charge on any atom is -0.453 e. The van der Waals surface area contributed by atoms with Crippen LogP contribution < -0.4 is 0 Å². The van der Waals surface area contributed by atoms with Crippen LogP contribution in [0.2, 0.25) is 0 Å². The molecular formula is C10H17N2O4. The third-order valence-corrected chi connectivity index (χ3v) is 2.49. The number of ether oxygens (including phenoxy) is 2. The molecular weight excluding hydrogens is 212 g/mol. The van der Waals surface area contributed by atoms with Gasteiger partial charge in [0.2, 0.25) is 0 Å². The van der Waals surface area contributed by atoms with E-state index in [1.807, 2.05) is 0 Å². The maximum absolute atomic E-state index is 11.4. The topological polar surface area (TPSA) is 59.1 Å². The highest BCUT2D eigenvalue weighted by atomic mass is 16.6. The van der Waals surface area contributed by atoms with Crippen molar-refractivity contribution >= 4 is 12.2 Å². The molecule has 0 aromatic carbocycles. The predicted octanol–water partition coefficient (Wildman–Crippen LogP) is 0.730. The summed E-state index contributed by atoms with van der Waals surface area (Å²) in [6.07, 6.45) is -0.400. The van der Waals surface area contributed by atoms with Gasteiger partial charge >= 0.3 is 12.2 Å². The lowest BCUT2D eigenvalue weighted by Gasteiger charge is -2.18. The van der Waals surface area contributed by atoms with Crippen LogP contribution in [0.4, 0.5) is 9.59 Å². The summed E-state index contributed by atoms with van der Waals surface area (Å²) in [6, 6.07) is 0. The van der Waals surface area contributed by atoms with Crippen molar-refractivity contribution in [1.29, 1.82) is 0 Å². The van der Waals surface area contributed by atoms with E-state index in [-0.39, 0.29) is 12.2 Å². The zero-order valence-corrected chi connectivity index (χ0v) is 9.64. The normalized spacial score (nSPS) is 19.4. The van der Waals surface area contributed by atoms with Gasteiger partial charge in [0.05, 0.1) is 13.7 Å². The number of likely N-dealkylation sites (tertiary alicyclic amines) is 1. The highest BCUT2D eigenvalue weighted by Crippen LogP contribution is 2.14. The molecule has 0 aromatic heterocycles. The molecule has 0 N–H and O–H groups in total. The van der Waals surface area contributed by atoms with E-state index in [2.05, 4.69) is 11.7 Å². The predicted molar refractivity (Wildman–Crippen MR) is 56.9 cm³/mol. The first-order valence-corrected chi connectivity index (χ1v) is 5.12. The highest BCUT2D eigenvalue weighted by Gasteiger charge is 2.29. The van der Waals surface area contributed by atoms with Crippen molar-refractivity contribution in [3.8, 4) is 0 Å². The molecule has 6 heteroatoms. The van der Waals surface area contributed by atoms with E-state index in [4.69, 9.17) is 4.74 Å². The molecule has 1 heterocycles. The summed E-state index contributed by atoms with van der Waals surface area (Å²) in [5, 5.41) is 0. The molecule has 1 radical (unpaired) electrons. The Morgan fingerprint density at radius 1 is 1.56 bits per heavy atom. The Morgan fingerprint density at radius 2 is 2.25 bits per heavy atom. The van der Waals surface area contributed by atoms with Gasteiger partial charge in [0.1, 0.15) is 6.10 Å². The molecule has 1 aliphatic rings. The van der Waals surface area contributed by atoms with Gasteiger partial charge in [-0.1, -0.05) is 0 Å². The van der Waals surface area contributed by atoms with Gasteiger partial charge in [0.25, 0.3) is 0 Å². The van der Waals surface area contributed by atoms with Crippen LogP contribution in [0.15, 0.2) is 0 Å². The molecule has 1 aliphatic heterocycles. The van der Waals surface area contributed by atoms with Crippen LogP contribution in [0, 0.1) is 6.92 Å². The second-order valence-electron chi connectivity index (χ2n) is 3.63. The van der Waals surface area contributed by atoms with Crippen LogP contribution in [0.3, 0.4) is 0 Å². The van der Waals surface area contributed by atoms with E-state index in [0.717, 1.165) is 0 Å². The molecule has 1 unspecified atom stereocenters. The van der Waals surface area contributed by atoms with Crippen LogP contribution >= 0.6 is 0 Å². The standard InChI is InChI=1S/C10H17N2O4/c1-4-11(2)9(13)16-8-5-6-12(7-8)10(14)15-3/h8H,1,4-7H2,2-3H3. The summed E-state index contributed by atoms with van der Waals surface area (Å²) in [4.78, 5) is 25.5. The molecule has 0 saturated carbocycles. The average molecular weight is 229 g/mol. The van der Waals surface area contributed by atoms with E-state index in [0.29, 0.717) is 26.1 Å². The Bertz CT molecular complexity index is 270. The lowest BCUT2D eigenvalue weighted by molar-refractivity contribution is 0.0721. The van der Waals surface area contributed by atoms with Gasteiger partial charge in [-0.15, -0.1) is 0 Å². The molecule has 2 amide bonds. The molecule has 16 heavy (non-hydrogen) atoms. The van der Waals surface area contributed by atoms with Gasteiger partial charge < -0.3 is 19.3 Å². The third-order valence-electron chi connectivity index (χ3n) is 2.49. The van der Waals surface area contributed by atoms with E-state index >= 15 is 0 Å². The molecule has 1 saturated heterocycles. The summed E-state index contributed by atoms with van der Waals surface area (Å²) in [7, 11) is 2.95. The van der Waals surface area contributed by atoms with Crippen LogP contribution in [-0.2, 0) is 9.47 Å². The Kier molecular flexibility index (Phi) is 4.39. The Hall–Kier alpha value is -1.46. The fraction of sp³-hybridized carbons (Fsp3) is 0.700.